The number of hydrogen-bond acceptors (Lipinski definition) is 6. The van der Waals surface area contributed by atoms with Gasteiger partial charge in [0.1, 0.15) is 0 Å². The summed E-state index contributed by atoms with van der Waals surface area (Å²) in [6, 6.07) is 117. The molecule has 2 heterocycles. The Labute approximate surface area is 582 Å². The Morgan fingerprint density at radius 3 is 0.740 bits per heavy atom. The van der Waals surface area contributed by atoms with Gasteiger partial charge in [-0.25, -0.2) is 29.9 Å². The lowest BCUT2D eigenvalue weighted by Crippen LogP contribution is -2.15. The van der Waals surface area contributed by atoms with Crippen molar-refractivity contribution in [3.63, 3.8) is 0 Å². The van der Waals surface area contributed by atoms with Crippen LogP contribution in [0, 0.1) is 0 Å². The van der Waals surface area contributed by atoms with Crippen LogP contribution < -0.4 is 0 Å². The smallest absolute Gasteiger partial charge is 0.164 e. The lowest BCUT2D eigenvalue weighted by atomic mass is 9.80. The largest absolute Gasteiger partial charge is 0.208 e. The predicted molar refractivity (Wildman–Crippen MR) is 411 cm³/mol. The first-order valence-electron chi connectivity index (χ1n) is 34.3. The SMILES string of the molecule is CC1(C)c2cc(-c3cccc(-c4cccc(-c5nc(-c6ccccc6)nc(-c6ccc(-c7ccccc7)cc6)n5)c4)c3)ccc2-c2ccc(-c3cccc(-c4nc(-c5ccccc5)nc(-c5cccc(-c6cccc(-c7ccc8c(c7)C(C)(C)c7cc9ccccc9cc7-8)c6)c5)n4)c3)cc21. The number of benzene rings is 14. The fraction of sp³-hybridized carbons (Fsp3) is 0.0638. The van der Waals surface area contributed by atoms with Crippen LogP contribution in [0.3, 0.4) is 0 Å². The quantitative estimate of drug-likeness (QED) is 0.121. The maximum atomic E-state index is 5.30. The van der Waals surface area contributed by atoms with Crippen LogP contribution in [0.1, 0.15) is 49.9 Å². The first-order valence-corrected chi connectivity index (χ1v) is 34.3. The van der Waals surface area contributed by atoms with Crippen molar-refractivity contribution < 1.29 is 0 Å². The molecule has 6 nitrogen and oxygen atoms in total. The summed E-state index contributed by atoms with van der Waals surface area (Å²) < 4.78 is 0. The van der Waals surface area contributed by atoms with Crippen molar-refractivity contribution in [1.82, 2.24) is 29.9 Å². The highest BCUT2D eigenvalue weighted by atomic mass is 15.0. The van der Waals surface area contributed by atoms with E-state index in [1.807, 2.05) is 54.6 Å². The van der Waals surface area contributed by atoms with E-state index in [0.29, 0.717) is 34.9 Å². The molecule has 0 aliphatic heterocycles. The second kappa shape index (κ2) is 24.2. The van der Waals surface area contributed by atoms with Crippen molar-refractivity contribution in [3.05, 3.63) is 350 Å². The van der Waals surface area contributed by atoms with Gasteiger partial charge in [-0.15, -0.1) is 0 Å². The van der Waals surface area contributed by atoms with E-state index in [9.17, 15) is 0 Å². The molecule has 0 N–H and O–H groups in total. The van der Waals surface area contributed by atoms with Crippen molar-refractivity contribution in [3.8, 4) is 157 Å². The van der Waals surface area contributed by atoms with E-state index in [1.54, 1.807) is 0 Å². The van der Waals surface area contributed by atoms with Crippen LogP contribution in [0.5, 0.6) is 0 Å². The summed E-state index contributed by atoms with van der Waals surface area (Å²) in [5.74, 6) is 3.72. The summed E-state index contributed by atoms with van der Waals surface area (Å²) in [6.45, 7) is 9.44. The minimum absolute atomic E-state index is 0.131. The van der Waals surface area contributed by atoms with Gasteiger partial charge in [-0.3, -0.25) is 0 Å². The molecule has 2 aliphatic carbocycles. The molecule has 2 aromatic heterocycles. The van der Waals surface area contributed by atoms with E-state index in [2.05, 4.69) is 301 Å². The molecule has 472 valence electrons. The number of rotatable bonds is 12. The van der Waals surface area contributed by atoms with Crippen LogP contribution in [0.15, 0.2) is 328 Å². The third-order valence-corrected chi connectivity index (χ3v) is 20.6. The second-order valence-electron chi connectivity index (χ2n) is 27.5. The second-order valence-corrected chi connectivity index (χ2v) is 27.5. The fourth-order valence-corrected chi connectivity index (χ4v) is 15.1. The fourth-order valence-electron chi connectivity index (χ4n) is 15.1. The highest BCUT2D eigenvalue weighted by Gasteiger charge is 2.38. The molecule has 0 saturated heterocycles. The van der Waals surface area contributed by atoms with Gasteiger partial charge in [-0.1, -0.05) is 295 Å². The van der Waals surface area contributed by atoms with Gasteiger partial charge in [0.25, 0.3) is 0 Å². The molecule has 2 aliphatic rings. The van der Waals surface area contributed by atoms with Crippen LogP contribution in [0.4, 0.5) is 0 Å². The molecule has 0 unspecified atom stereocenters. The van der Waals surface area contributed by atoms with Crippen molar-refractivity contribution >= 4 is 10.8 Å². The molecule has 16 aromatic rings. The topological polar surface area (TPSA) is 77.3 Å². The average Bonchev–Trinajstić information content (AvgIpc) is 1.58. The average molecular weight is 1280 g/mol. The minimum Gasteiger partial charge on any atom is -0.208 e. The van der Waals surface area contributed by atoms with Crippen LogP contribution in [-0.2, 0) is 10.8 Å². The van der Waals surface area contributed by atoms with E-state index in [1.165, 1.54) is 72.0 Å². The van der Waals surface area contributed by atoms with E-state index >= 15 is 0 Å². The van der Waals surface area contributed by atoms with Gasteiger partial charge in [-0.2, -0.15) is 0 Å². The number of fused-ring (bicyclic) bond motifs is 7. The monoisotopic (exact) mass is 1280 g/mol. The van der Waals surface area contributed by atoms with Crippen molar-refractivity contribution in [2.45, 2.75) is 38.5 Å². The van der Waals surface area contributed by atoms with Crippen molar-refractivity contribution in [1.29, 1.82) is 0 Å². The van der Waals surface area contributed by atoms with Gasteiger partial charge in [0, 0.05) is 44.2 Å². The maximum Gasteiger partial charge on any atom is 0.164 e. The van der Waals surface area contributed by atoms with Crippen LogP contribution in [0.2, 0.25) is 0 Å². The molecule has 0 atom stereocenters. The summed E-state index contributed by atoms with van der Waals surface area (Å²) in [6.07, 6.45) is 0. The van der Waals surface area contributed by atoms with Crippen molar-refractivity contribution in [2.24, 2.45) is 0 Å². The summed E-state index contributed by atoms with van der Waals surface area (Å²) >= 11 is 0. The van der Waals surface area contributed by atoms with Crippen LogP contribution >= 0.6 is 0 Å². The number of aromatic nitrogens is 6. The van der Waals surface area contributed by atoms with E-state index in [0.717, 1.165) is 83.5 Å². The molecule has 0 fully saturated rings. The molecular weight excluding hydrogens is 1210 g/mol. The Kier molecular flexibility index (Phi) is 14.5. The maximum absolute atomic E-state index is 5.30. The van der Waals surface area contributed by atoms with Gasteiger partial charge >= 0.3 is 0 Å². The Hall–Kier alpha value is -12.6. The first-order chi connectivity index (χ1) is 49.0. The van der Waals surface area contributed by atoms with Gasteiger partial charge < -0.3 is 0 Å². The highest BCUT2D eigenvalue weighted by Crippen LogP contribution is 2.53. The molecule has 6 heteroatoms. The van der Waals surface area contributed by atoms with E-state index < -0.39 is 0 Å². The molecule has 18 rings (SSSR count). The summed E-state index contributed by atoms with van der Waals surface area (Å²) in [4.78, 5) is 31.0. The van der Waals surface area contributed by atoms with Crippen LogP contribution in [-0.4, -0.2) is 29.9 Å². The standard InChI is InChI=1S/C94H66N6/c1-93(2)83-56-73(66-31-16-29-64(49-66)68-33-18-36-76(51-68)90-96-87(61-23-10-6-11-24-61)95-89(99-90)63-41-39-60(40-42-63)59-21-8-5-9-22-59)43-46-79(83)80-47-44-75(57-84(80)93)70-35-20-38-78(53-70)92-98-88(62-25-12-7-13-26-62)97-91(100-92)77-37-19-34-69(52-77)65-30-17-32-67(50-65)74-45-48-81-82-54-71-27-14-15-28-72(71)55-86(82)94(3,4)85(81)58-74/h5-58H,1-4H3. The zero-order valence-electron chi connectivity index (χ0n) is 55.9. The molecule has 0 bridgehead atoms. The van der Waals surface area contributed by atoms with Crippen LogP contribution in [0.25, 0.3) is 168 Å². The number of hydrogen-bond donors (Lipinski definition) is 0. The first kappa shape index (κ1) is 59.8. The lowest BCUT2D eigenvalue weighted by molar-refractivity contribution is 0.661. The molecule has 0 amide bonds. The van der Waals surface area contributed by atoms with Gasteiger partial charge in [0.05, 0.1) is 0 Å². The zero-order valence-corrected chi connectivity index (χ0v) is 55.9. The van der Waals surface area contributed by atoms with Gasteiger partial charge in [0.2, 0.25) is 0 Å². The molecule has 100 heavy (non-hydrogen) atoms. The Balaban J connectivity index is 0.622. The lowest BCUT2D eigenvalue weighted by Gasteiger charge is -2.23. The minimum atomic E-state index is -0.280. The predicted octanol–water partition coefficient (Wildman–Crippen LogP) is 23.8. The molecule has 0 spiro atoms. The third kappa shape index (κ3) is 10.8. The molecule has 0 saturated carbocycles. The third-order valence-electron chi connectivity index (χ3n) is 20.6. The Morgan fingerprint density at radius 2 is 0.380 bits per heavy atom. The normalized spacial score (nSPS) is 13.0. The Morgan fingerprint density at radius 1 is 0.160 bits per heavy atom. The Bertz CT molecular complexity index is 5900. The molecule has 14 aromatic carbocycles. The van der Waals surface area contributed by atoms with Gasteiger partial charge in [0.15, 0.2) is 34.9 Å². The zero-order chi connectivity index (χ0) is 67.1. The molecule has 0 radical (unpaired) electrons. The van der Waals surface area contributed by atoms with E-state index in [-0.39, 0.29) is 10.8 Å². The summed E-state index contributed by atoms with van der Waals surface area (Å²) in [7, 11) is 0. The summed E-state index contributed by atoms with van der Waals surface area (Å²) in [5, 5.41) is 2.55. The van der Waals surface area contributed by atoms with Crippen molar-refractivity contribution in [2.75, 3.05) is 0 Å². The van der Waals surface area contributed by atoms with Gasteiger partial charge in [-0.05, 0) is 183 Å². The summed E-state index contributed by atoms with van der Waals surface area (Å²) in [5.41, 5.74) is 29.2. The number of nitrogens with zero attached hydrogens (tertiary/aromatic N) is 6. The van der Waals surface area contributed by atoms with E-state index in [4.69, 9.17) is 29.9 Å². The highest BCUT2D eigenvalue weighted by molar-refractivity contribution is 5.95. The molecular formula is C94H66N6.